The summed E-state index contributed by atoms with van der Waals surface area (Å²) in [4.78, 5) is 12.6. The third-order valence-electron chi connectivity index (χ3n) is 3.77. The minimum absolute atomic E-state index is 0.186. The van der Waals surface area contributed by atoms with Crippen molar-refractivity contribution in [2.24, 2.45) is 5.92 Å². The van der Waals surface area contributed by atoms with Gasteiger partial charge in [-0.25, -0.2) is 4.39 Å². The highest BCUT2D eigenvalue weighted by Crippen LogP contribution is 2.38. The monoisotopic (exact) mass is 213 g/mol. The number of hydrogen-bond acceptors (Lipinski definition) is 3. The van der Waals surface area contributed by atoms with E-state index in [-0.39, 0.29) is 12.1 Å². The van der Waals surface area contributed by atoms with Crippen LogP contribution in [-0.2, 0) is 4.79 Å². The van der Waals surface area contributed by atoms with Crippen LogP contribution in [0, 0.1) is 5.92 Å². The number of halogens is 1. The van der Waals surface area contributed by atoms with Crippen molar-refractivity contribution in [3.63, 3.8) is 0 Å². The van der Waals surface area contributed by atoms with E-state index in [1.54, 1.807) is 6.82 Å². The first-order valence-corrected chi connectivity index (χ1v) is 5.70. The number of rotatable bonds is 2. The molecule has 0 aliphatic carbocycles. The summed E-state index contributed by atoms with van der Waals surface area (Å²) in [5, 5.41) is 9.63. The lowest BCUT2D eigenvalue weighted by atomic mass is 9.69. The van der Waals surface area contributed by atoms with Gasteiger partial charge in [0.2, 0.25) is 0 Å². The van der Waals surface area contributed by atoms with E-state index in [4.69, 9.17) is 0 Å². The lowest BCUT2D eigenvalue weighted by Gasteiger charge is -2.50. The predicted octanol–water partition coefficient (Wildman–Crippen LogP) is 0.877. The molecule has 0 spiro atoms. The maximum absolute atomic E-state index is 13.9. The molecule has 0 radical (unpaired) electrons. The van der Waals surface area contributed by atoms with Crippen molar-refractivity contribution >= 4 is 13.3 Å². The van der Waals surface area contributed by atoms with Gasteiger partial charge < -0.3 is 14.6 Å². The molecule has 5 heteroatoms. The molecule has 2 aliphatic rings. The Labute approximate surface area is 89.8 Å². The molecule has 2 saturated heterocycles. The summed E-state index contributed by atoms with van der Waals surface area (Å²) in [6.45, 7) is 1.68. The third-order valence-corrected chi connectivity index (χ3v) is 3.77. The molecule has 0 saturated carbocycles. The molecule has 0 aromatic heterocycles. The standard InChI is InChI=1S/C10H17BFNO2/c1-11(15)13-8-3-2-4-9(13)10(12)7(5-8)6-14/h6-10,15H,2-5H2,1H3/t7-,8?,9?,10+/m0/s1. The molecule has 3 nitrogen and oxygen atoms in total. The van der Waals surface area contributed by atoms with Crippen molar-refractivity contribution in [2.45, 2.75) is 50.8 Å². The number of alkyl halides is 1. The topological polar surface area (TPSA) is 40.5 Å². The van der Waals surface area contributed by atoms with Crippen molar-refractivity contribution in [2.75, 3.05) is 0 Å². The van der Waals surface area contributed by atoms with E-state index in [0.717, 1.165) is 25.5 Å². The predicted molar refractivity (Wildman–Crippen MR) is 56.2 cm³/mol. The molecule has 1 N–H and O–H groups in total. The molecule has 2 bridgehead atoms. The fourth-order valence-corrected chi connectivity index (χ4v) is 3.14. The van der Waals surface area contributed by atoms with Crippen LogP contribution >= 0.6 is 0 Å². The summed E-state index contributed by atoms with van der Waals surface area (Å²) in [6, 6.07) is -0.0707. The first-order chi connectivity index (χ1) is 7.15. The first kappa shape index (κ1) is 11.1. The minimum Gasteiger partial charge on any atom is -0.437 e. The number of carbonyl (C=O) groups excluding carboxylic acids is 1. The van der Waals surface area contributed by atoms with Gasteiger partial charge in [0.25, 0.3) is 0 Å². The molecule has 2 fully saturated rings. The van der Waals surface area contributed by atoms with Crippen molar-refractivity contribution in [3.05, 3.63) is 0 Å². The summed E-state index contributed by atoms with van der Waals surface area (Å²) >= 11 is 0. The smallest absolute Gasteiger partial charge is 0.376 e. The molecule has 0 aromatic rings. The van der Waals surface area contributed by atoms with Gasteiger partial charge in [-0.15, -0.1) is 0 Å². The highest BCUT2D eigenvalue weighted by Gasteiger charge is 2.47. The summed E-state index contributed by atoms with van der Waals surface area (Å²) in [5.74, 6) is -0.463. The minimum atomic E-state index is -1.10. The first-order valence-electron chi connectivity index (χ1n) is 5.70. The lowest BCUT2D eigenvalue weighted by molar-refractivity contribution is -0.118. The van der Waals surface area contributed by atoms with Crippen LogP contribution in [0.25, 0.3) is 0 Å². The number of piperidine rings is 2. The van der Waals surface area contributed by atoms with Crippen LogP contribution in [-0.4, -0.2) is 41.4 Å². The molecule has 84 valence electrons. The van der Waals surface area contributed by atoms with E-state index >= 15 is 0 Å². The molecule has 0 aromatic carbocycles. The summed E-state index contributed by atoms with van der Waals surface area (Å²) < 4.78 is 13.9. The second-order valence-electron chi connectivity index (χ2n) is 4.71. The maximum Gasteiger partial charge on any atom is 0.376 e. The molecular formula is C10H17BFNO2. The number of nitrogens with zero attached hydrogens (tertiary/aromatic N) is 1. The average Bonchev–Trinajstić information content (AvgIpc) is 2.22. The Hall–Kier alpha value is -0.415. The van der Waals surface area contributed by atoms with Gasteiger partial charge in [0.1, 0.15) is 12.5 Å². The quantitative estimate of drug-likeness (QED) is 0.546. The third kappa shape index (κ3) is 1.83. The normalized spacial score (nSPS) is 41.3. The maximum atomic E-state index is 13.9. The Morgan fingerprint density at radius 2 is 2.27 bits per heavy atom. The van der Waals surface area contributed by atoms with E-state index < -0.39 is 19.1 Å². The molecular weight excluding hydrogens is 196 g/mol. The second-order valence-corrected chi connectivity index (χ2v) is 4.71. The van der Waals surface area contributed by atoms with Crippen LogP contribution in [0.2, 0.25) is 6.82 Å². The van der Waals surface area contributed by atoms with E-state index in [0.29, 0.717) is 6.42 Å². The summed E-state index contributed by atoms with van der Waals surface area (Å²) in [7, 11) is -0.605. The zero-order valence-electron chi connectivity index (χ0n) is 8.97. The number of carbonyl (C=O) groups is 1. The zero-order valence-corrected chi connectivity index (χ0v) is 8.97. The molecule has 2 heterocycles. The van der Waals surface area contributed by atoms with E-state index in [2.05, 4.69) is 0 Å². The van der Waals surface area contributed by atoms with Crippen LogP contribution in [0.15, 0.2) is 0 Å². The SMILES string of the molecule is CB(O)N1C2CCCC1[C@H](F)[C@H](C=O)C2. The van der Waals surface area contributed by atoms with Gasteiger partial charge >= 0.3 is 7.05 Å². The van der Waals surface area contributed by atoms with Gasteiger partial charge in [-0.1, -0.05) is 6.42 Å². The highest BCUT2D eigenvalue weighted by molar-refractivity contribution is 6.45. The largest absolute Gasteiger partial charge is 0.437 e. The van der Waals surface area contributed by atoms with Gasteiger partial charge in [-0.2, -0.15) is 0 Å². The van der Waals surface area contributed by atoms with Gasteiger partial charge in [-0.05, 0) is 26.1 Å². The van der Waals surface area contributed by atoms with Crippen molar-refractivity contribution in [1.29, 1.82) is 0 Å². The van der Waals surface area contributed by atoms with Crippen molar-refractivity contribution in [3.8, 4) is 0 Å². The van der Waals surface area contributed by atoms with Gasteiger partial charge in [0.15, 0.2) is 0 Å². The lowest BCUT2D eigenvalue weighted by Crippen LogP contribution is -2.62. The Bertz CT molecular complexity index is 252. The van der Waals surface area contributed by atoms with Crippen LogP contribution in [0.1, 0.15) is 25.7 Å². The van der Waals surface area contributed by atoms with Gasteiger partial charge in [-0.3, -0.25) is 0 Å². The fourth-order valence-electron chi connectivity index (χ4n) is 3.14. The van der Waals surface area contributed by atoms with Crippen LogP contribution in [0.4, 0.5) is 4.39 Å². The Kier molecular flexibility index (Phi) is 3.12. The summed E-state index contributed by atoms with van der Waals surface area (Å²) in [6.07, 6.45) is 2.94. The fraction of sp³-hybridized carbons (Fsp3) is 0.900. The van der Waals surface area contributed by atoms with Crippen LogP contribution < -0.4 is 0 Å². The molecule has 15 heavy (non-hydrogen) atoms. The highest BCUT2D eigenvalue weighted by atomic mass is 19.1. The van der Waals surface area contributed by atoms with Crippen LogP contribution in [0.5, 0.6) is 0 Å². The Morgan fingerprint density at radius 3 is 2.87 bits per heavy atom. The molecule has 2 unspecified atom stereocenters. The van der Waals surface area contributed by atoms with E-state index in [1.165, 1.54) is 0 Å². The van der Waals surface area contributed by atoms with E-state index in [1.807, 2.05) is 4.81 Å². The van der Waals surface area contributed by atoms with Crippen molar-refractivity contribution < 1.29 is 14.2 Å². The molecule has 4 atom stereocenters. The molecule has 2 aliphatic heterocycles. The van der Waals surface area contributed by atoms with Crippen molar-refractivity contribution in [1.82, 2.24) is 4.81 Å². The molecule has 0 amide bonds. The zero-order chi connectivity index (χ0) is 11.0. The van der Waals surface area contributed by atoms with Gasteiger partial charge in [0.05, 0.1) is 0 Å². The Balaban J connectivity index is 2.20. The van der Waals surface area contributed by atoms with Gasteiger partial charge in [0, 0.05) is 18.0 Å². The van der Waals surface area contributed by atoms with E-state index in [9.17, 15) is 14.2 Å². The summed E-state index contributed by atoms with van der Waals surface area (Å²) in [5.41, 5.74) is 0. The number of fused-ring (bicyclic) bond motifs is 2. The second kappa shape index (κ2) is 4.22. The van der Waals surface area contributed by atoms with Crippen LogP contribution in [0.3, 0.4) is 0 Å². The number of aldehydes is 1. The Morgan fingerprint density at radius 1 is 1.53 bits per heavy atom. The average molecular weight is 213 g/mol. The molecule has 2 rings (SSSR count). The number of hydrogen-bond donors (Lipinski definition) is 1.